The van der Waals surface area contributed by atoms with E-state index in [2.05, 4.69) is 33.0 Å². The molecule has 6 nitrogen and oxygen atoms in total. The lowest BCUT2D eigenvalue weighted by Crippen LogP contribution is -2.18. The van der Waals surface area contributed by atoms with Gasteiger partial charge in [0.05, 0.1) is 9.77 Å². The van der Waals surface area contributed by atoms with E-state index in [9.17, 15) is 4.79 Å². The first-order valence-corrected chi connectivity index (χ1v) is 6.66. The van der Waals surface area contributed by atoms with Crippen LogP contribution in [0.5, 0.6) is 11.5 Å². The minimum atomic E-state index is -0.140. The van der Waals surface area contributed by atoms with Crippen LogP contribution < -0.4 is 14.8 Å². The molecule has 7 heteroatoms. The van der Waals surface area contributed by atoms with Crippen LogP contribution in [0.15, 0.2) is 30.6 Å². The van der Waals surface area contributed by atoms with Crippen molar-refractivity contribution in [2.45, 2.75) is 6.54 Å². The van der Waals surface area contributed by atoms with Gasteiger partial charge in [-0.15, -0.1) is 0 Å². The first kappa shape index (κ1) is 12.3. The highest BCUT2D eigenvalue weighted by Gasteiger charge is 2.14. The van der Waals surface area contributed by atoms with Gasteiger partial charge in [0.1, 0.15) is 6.54 Å². The molecule has 3 rings (SSSR count). The largest absolute Gasteiger partial charge is 0.454 e. The van der Waals surface area contributed by atoms with Gasteiger partial charge in [-0.3, -0.25) is 9.48 Å². The molecule has 19 heavy (non-hydrogen) atoms. The van der Waals surface area contributed by atoms with Crippen LogP contribution in [0.2, 0.25) is 0 Å². The summed E-state index contributed by atoms with van der Waals surface area (Å²) >= 11 is 2.15. The molecular formula is C12H10IN3O3. The van der Waals surface area contributed by atoms with Gasteiger partial charge in [-0.1, -0.05) is 0 Å². The Morgan fingerprint density at radius 2 is 2.26 bits per heavy atom. The Morgan fingerprint density at radius 1 is 1.42 bits per heavy atom. The maximum Gasteiger partial charge on any atom is 0.246 e. The monoisotopic (exact) mass is 371 g/mol. The molecule has 0 spiro atoms. The second-order valence-electron chi connectivity index (χ2n) is 3.97. The van der Waals surface area contributed by atoms with E-state index in [-0.39, 0.29) is 19.2 Å². The van der Waals surface area contributed by atoms with Crippen molar-refractivity contribution in [3.05, 3.63) is 34.2 Å². The van der Waals surface area contributed by atoms with E-state index in [4.69, 9.17) is 9.47 Å². The molecule has 1 aliphatic heterocycles. The summed E-state index contributed by atoms with van der Waals surface area (Å²) in [6.07, 6.45) is 3.51. The number of carbonyl (C=O) groups excluding carboxylic acids is 1. The second-order valence-corrected chi connectivity index (χ2v) is 5.22. The lowest BCUT2D eigenvalue weighted by Gasteiger charge is -2.06. The quantitative estimate of drug-likeness (QED) is 0.837. The van der Waals surface area contributed by atoms with Crippen molar-refractivity contribution >= 4 is 34.2 Å². The number of benzene rings is 1. The van der Waals surface area contributed by atoms with Gasteiger partial charge in [0.25, 0.3) is 0 Å². The summed E-state index contributed by atoms with van der Waals surface area (Å²) in [5.74, 6) is 1.20. The third-order valence-corrected chi connectivity index (χ3v) is 3.12. The van der Waals surface area contributed by atoms with Crippen molar-refractivity contribution in [3.63, 3.8) is 0 Å². The molecule has 0 radical (unpaired) electrons. The number of amides is 1. The van der Waals surface area contributed by atoms with Crippen LogP contribution in [-0.2, 0) is 11.3 Å². The van der Waals surface area contributed by atoms with Gasteiger partial charge < -0.3 is 14.8 Å². The molecule has 0 aliphatic carbocycles. The fourth-order valence-corrected chi connectivity index (χ4v) is 2.19. The van der Waals surface area contributed by atoms with Gasteiger partial charge in [-0.05, 0) is 34.7 Å². The molecule has 1 N–H and O–H groups in total. The van der Waals surface area contributed by atoms with Crippen LogP contribution in [0.4, 0.5) is 5.69 Å². The zero-order chi connectivity index (χ0) is 13.2. The molecule has 2 aromatic rings. The smallest absolute Gasteiger partial charge is 0.246 e. The molecule has 0 fully saturated rings. The number of fused-ring (bicyclic) bond motifs is 1. The van der Waals surface area contributed by atoms with Gasteiger partial charge in [-0.2, -0.15) is 5.10 Å². The van der Waals surface area contributed by atoms with Crippen molar-refractivity contribution in [2.24, 2.45) is 0 Å². The van der Waals surface area contributed by atoms with Crippen molar-refractivity contribution in [1.29, 1.82) is 0 Å². The number of rotatable bonds is 3. The van der Waals surface area contributed by atoms with Crippen molar-refractivity contribution < 1.29 is 14.3 Å². The minimum absolute atomic E-state index is 0.140. The highest BCUT2D eigenvalue weighted by atomic mass is 127. The van der Waals surface area contributed by atoms with E-state index in [1.165, 1.54) is 0 Å². The number of hydrogen-bond donors (Lipinski definition) is 1. The third-order valence-electron chi connectivity index (χ3n) is 2.56. The Morgan fingerprint density at radius 3 is 3.05 bits per heavy atom. The summed E-state index contributed by atoms with van der Waals surface area (Å²) in [6.45, 7) is 0.399. The van der Waals surface area contributed by atoms with Crippen LogP contribution in [-0.4, -0.2) is 22.5 Å². The first-order valence-electron chi connectivity index (χ1n) is 5.58. The lowest BCUT2D eigenvalue weighted by molar-refractivity contribution is -0.116. The molecule has 0 atom stereocenters. The number of halogens is 1. The molecule has 0 saturated carbocycles. The summed E-state index contributed by atoms with van der Waals surface area (Å²) in [6, 6.07) is 5.29. The van der Waals surface area contributed by atoms with Crippen molar-refractivity contribution in [3.8, 4) is 11.5 Å². The number of nitrogens with one attached hydrogen (secondary N) is 1. The van der Waals surface area contributed by atoms with Gasteiger partial charge in [0.15, 0.2) is 11.5 Å². The Hall–Kier alpha value is -1.77. The Balaban J connectivity index is 1.66. The van der Waals surface area contributed by atoms with E-state index < -0.39 is 0 Å². The Labute approximate surface area is 122 Å². The Bertz CT molecular complexity index is 626. The number of anilines is 1. The highest BCUT2D eigenvalue weighted by Crippen LogP contribution is 2.34. The first-order chi connectivity index (χ1) is 9.20. The molecule has 1 amide bonds. The average molecular weight is 371 g/mol. The van der Waals surface area contributed by atoms with E-state index in [0.717, 1.165) is 3.57 Å². The molecule has 1 aromatic carbocycles. The maximum absolute atomic E-state index is 11.8. The summed E-state index contributed by atoms with van der Waals surface area (Å²) in [5, 5.41) is 6.85. The molecule has 1 aromatic heterocycles. The molecular weight excluding hydrogens is 361 g/mol. The number of hydrogen-bond acceptors (Lipinski definition) is 4. The van der Waals surface area contributed by atoms with E-state index in [0.29, 0.717) is 17.2 Å². The summed E-state index contributed by atoms with van der Waals surface area (Å²) < 4.78 is 13.0. The summed E-state index contributed by atoms with van der Waals surface area (Å²) in [4.78, 5) is 11.8. The van der Waals surface area contributed by atoms with Crippen molar-refractivity contribution in [2.75, 3.05) is 12.1 Å². The molecule has 2 heterocycles. The van der Waals surface area contributed by atoms with E-state index in [1.54, 1.807) is 35.3 Å². The summed E-state index contributed by atoms with van der Waals surface area (Å²) in [5.41, 5.74) is 0.677. The van der Waals surface area contributed by atoms with E-state index in [1.807, 2.05) is 0 Å². The van der Waals surface area contributed by atoms with Gasteiger partial charge >= 0.3 is 0 Å². The molecule has 0 saturated heterocycles. The number of carbonyl (C=O) groups is 1. The summed E-state index contributed by atoms with van der Waals surface area (Å²) in [7, 11) is 0. The fraction of sp³-hybridized carbons (Fsp3) is 0.167. The average Bonchev–Trinajstić information content (AvgIpc) is 2.97. The lowest BCUT2D eigenvalue weighted by atomic mass is 10.3. The van der Waals surface area contributed by atoms with Gasteiger partial charge in [-0.25, -0.2) is 0 Å². The van der Waals surface area contributed by atoms with Crippen molar-refractivity contribution in [1.82, 2.24) is 9.78 Å². The maximum atomic E-state index is 11.8. The van der Waals surface area contributed by atoms with Crippen LogP contribution in [0, 0.1) is 3.57 Å². The normalized spacial score (nSPS) is 12.5. The molecule has 98 valence electrons. The molecule has 0 unspecified atom stereocenters. The van der Waals surface area contributed by atoms with Crippen LogP contribution in [0.25, 0.3) is 0 Å². The predicted octanol–water partition coefficient (Wildman–Crippen LogP) is 1.86. The molecule has 0 bridgehead atoms. The minimum Gasteiger partial charge on any atom is -0.454 e. The third kappa shape index (κ3) is 2.80. The Kier molecular flexibility index (Phi) is 3.28. The zero-order valence-corrected chi connectivity index (χ0v) is 12.0. The SMILES string of the molecule is O=C(Cn1cc(I)cn1)Nc1ccc2c(c1)OCO2. The standard InChI is InChI=1S/C12H10IN3O3/c13-8-4-14-16(5-8)6-12(17)15-9-1-2-10-11(3-9)19-7-18-10/h1-5H,6-7H2,(H,15,17). The molecule has 1 aliphatic rings. The number of ether oxygens (including phenoxy) is 2. The highest BCUT2D eigenvalue weighted by molar-refractivity contribution is 14.1. The van der Waals surface area contributed by atoms with E-state index >= 15 is 0 Å². The number of aromatic nitrogens is 2. The fourth-order valence-electron chi connectivity index (χ4n) is 1.75. The predicted molar refractivity (Wildman–Crippen MR) is 76.1 cm³/mol. The van der Waals surface area contributed by atoms with Crippen LogP contribution in [0.3, 0.4) is 0 Å². The van der Waals surface area contributed by atoms with Crippen LogP contribution >= 0.6 is 22.6 Å². The topological polar surface area (TPSA) is 65.4 Å². The second kappa shape index (κ2) is 5.08. The van der Waals surface area contributed by atoms with Gasteiger partial charge in [0, 0.05) is 18.0 Å². The zero-order valence-electron chi connectivity index (χ0n) is 9.80. The van der Waals surface area contributed by atoms with Gasteiger partial charge in [0.2, 0.25) is 12.7 Å². The number of nitrogens with zero attached hydrogens (tertiary/aromatic N) is 2. The van der Waals surface area contributed by atoms with Crippen LogP contribution in [0.1, 0.15) is 0 Å².